The first-order valence-electron chi connectivity index (χ1n) is 11.1. The van der Waals surface area contributed by atoms with Gasteiger partial charge in [0, 0.05) is 30.6 Å². The van der Waals surface area contributed by atoms with Crippen molar-refractivity contribution in [3.63, 3.8) is 0 Å². The van der Waals surface area contributed by atoms with Gasteiger partial charge in [0.1, 0.15) is 0 Å². The third-order valence-corrected chi connectivity index (χ3v) is 5.91. The fraction of sp³-hybridized carbons (Fsp3) is 0.440. The Kier molecular flexibility index (Phi) is 7.48. The molecule has 8 heteroatoms. The maximum absolute atomic E-state index is 12.7. The number of imide groups is 1. The topological polar surface area (TPSA) is 94.9 Å². The summed E-state index contributed by atoms with van der Waals surface area (Å²) < 4.78 is 12.5. The van der Waals surface area contributed by atoms with Crippen LogP contribution in [0.3, 0.4) is 0 Å². The monoisotopic (exact) mass is 454 g/mol. The molecule has 33 heavy (non-hydrogen) atoms. The van der Waals surface area contributed by atoms with Crippen LogP contribution in [0.5, 0.6) is 0 Å². The van der Waals surface area contributed by atoms with Gasteiger partial charge in [0.25, 0.3) is 11.8 Å². The Morgan fingerprint density at radius 2 is 1.76 bits per heavy atom. The molecular weight excluding hydrogens is 424 g/mol. The van der Waals surface area contributed by atoms with Gasteiger partial charge < -0.3 is 14.0 Å². The van der Waals surface area contributed by atoms with E-state index in [1.165, 1.54) is 23.1 Å². The summed E-state index contributed by atoms with van der Waals surface area (Å²) in [6.07, 6.45) is 1.57. The molecule has 1 unspecified atom stereocenters. The first-order chi connectivity index (χ1) is 15.7. The molecule has 0 saturated heterocycles. The molecule has 1 aromatic heterocycles. The number of esters is 1. The zero-order chi connectivity index (χ0) is 24.3. The average Bonchev–Trinajstić information content (AvgIpc) is 3.22. The third-order valence-electron chi connectivity index (χ3n) is 5.91. The van der Waals surface area contributed by atoms with Crippen molar-refractivity contribution in [2.45, 2.75) is 46.6 Å². The number of carbonyl (C=O) groups excluding carboxylic acids is 4. The highest BCUT2D eigenvalue weighted by Gasteiger charge is 2.35. The number of unbranched alkanes of at least 4 members (excludes halogenated alkanes) is 1. The van der Waals surface area contributed by atoms with Crippen LogP contribution in [-0.2, 0) is 9.47 Å². The van der Waals surface area contributed by atoms with Crippen LogP contribution < -0.4 is 0 Å². The van der Waals surface area contributed by atoms with E-state index in [0.29, 0.717) is 25.1 Å². The Hall–Kier alpha value is -3.26. The number of ether oxygens (including phenoxy) is 2. The van der Waals surface area contributed by atoms with Crippen molar-refractivity contribution in [1.29, 1.82) is 0 Å². The second-order valence-corrected chi connectivity index (χ2v) is 8.33. The van der Waals surface area contributed by atoms with E-state index < -0.39 is 18.5 Å². The van der Waals surface area contributed by atoms with Crippen molar-refractivity contribution in [1.82, 2.24) is 9.47 Å². The molecule has 0 saturated carbocycles. The summed E-state index contributed by atoms with van der Waals surface area (Å²) in [5, 5.41) is 0. The highest BCUT2D eigenvalue weighted by Crippen LogP contribution is 2.25. The molecule has 0 aliphatic carbocycles. The SMILES string of the molecule is CCCCN1C(=O)c2ccc(C(=O)OCC(=O)c3cc(C)n(C(C)COC)c3C)cc2C1=O. The lowest BCUT2D eigenvalue weighted by Gasteiger charge is -2.17. The van der Waals surface area contributed by atoms with Gasteiger partial charge in [-0.25, -0.2) is 4.79 Å². The van der Waals surface area contributed by atoms with Gasteiger partial charge in [-0.15, -0.1) is 0 Å². The van der Waals surface area contributed by atoms with Crippen LogP contribution in [0.1, 0.15) is 85.6 Å². The second-order valence-electron chi connectivity index (χ2n) is 8.33. The standard InChI is InChI=1S/C25H30N2O6/c1-6-7-10-26-23(29)19-9-8-18(12-21(19)24(26)30)25(31)33-14-22(28)20-11-15(2)27(17(20)4)16(3)13-32-5/h8-9,11-12,16H,6-7,10,13-14H2,1-5H3. The molecule has 1 aliphatic rings. The number of rotatable bonds is 10. The lowest BCUT2D eigenvalue weighted by atomic mass is 10.1. The van der Waals surface area contributed by atoms with Gasteiger partial charge in [-0.05, 0) is 51.5 Å². The Morgan fingerprint density at radius 1 is 1.06 bits per heavy atom. The van der Waals surface area contributed by atoms with E-state index in [2.05, 4.69) is 0 Å². The van der Waals surface area contributed by atoms with E-state index in [4.69, 9.17) is 9.47 Å². The van der Waals surface area contributed by atoms with E-state index in [-0.39, 0.29) is 34.4 Å². The molecule has 0 spiro atoms. The number of methoxy groups -OCH3 is 1. The van der Waals surface area contributed by atoms with Crippen LogP contribution in [0.2, 0.25) is 0 Å². The Bertz CT molecular complexity index is 1100. The van der Waals surface area contributed by atoms with Gasteiger partial charge in [-0.3, -0.25) is 19.3 Å². The minimum atomic E-state index is -0.722. The molecule has 0 radical (unpaired) electrons. The van der Waals surface area contributed by atoms with E-state index >= 15 is 0 Å². The number of hydrogen-bond acceptors (Lipinski definition) is 6. The highest BCUT2D eigenvalue weighted by molar-refractivity contribution is 6.22. The molecule has 1 atom stereocenters. The fourth-order valence-corrected chi connectivity index (χ4v) is 4.28. The second kappa shape index (κ2) is 10.1. The van der Waals surface area contributed by atoms with Gasteiger partial charge >= 0.3 is 5.97 Å². The van der Waals surface area contributed by atoms with Gasteiger partial charge in [0.15, 0.2) is 6.61 Å². The minimum absolute atomic E-state index is 0.0580. The number of ketones is 1. The van der Waals surface area contributed by atoms with Crippen molar-refractivity contribution in [2.24, 2.45) is 0 Å². The van der Waals surface area contributed by atoms with E-state index in [1.807, 2.05) is 32.3 Å². The molecule has 2 amide bonds. The summed E-state index contributed by atoms with van der Waals surface area (Å²) in [6.45, 7) is 8.17. The molecule has 2 aromatic rings. The molecule has 1 aromatic carbocycles. The largest absolute Gasteiger partial charge is 0.454 e. The highest BCUT2D eigenvalue weighted by atomic mass is 16.5. The van der Waals surface area contributed by atoms with E-state index in [9.17, 15) is 19.2 Å². The number of nitrogens with zero attached hydrogens (tertiary/aromatic N) is 2. The van der Waals surface area contributed by atoms with E-state index in [0.717, 1.165) is 17.8 Å². The van der Waals surface area contributed by atoms with Crippen LogP contribution in [-0.4, -0.2) is 59.9 Å². The van der Waals surface area contributed by atoms with Crippen molar-refractivity contribution in [3.05, 3.63) is 57.9 Å². The minimum Gasteiger partial charge on any atom is -0.454 e. The normalized spacial score (nSPS) is 13.9. The molecular formula is C25H30N2O6. The number of fused-ring (bicyclic) bond motifs is 1. The lowest BCUT2D eigenvalue weighted by Crippen LogP contribution is -2.30. The molecule has 2 heterocycles. The Labute approximate surface area is 193 Å². The van der Waals surface area contributed by atoms with Crippen LogP contribution in [0.15, 0.2) is 24.3 Å². The zero-order valence-corrected chi connectivity index (χ0v) is 19.8. The van der Waals surface area contributed by atoms with E-state index in [1.54, 1.807) is 13.2 Å². The summed E-state index contributed by atoms with van der Waals surface area (Å²) in [4.78, 5) is 51.6. The number of aryl methyl sites for hydroxylation is 1. The zero-order valence-electron chi connectivity index (χ0n) is 19.8. The van der Waals surface area contributed by atoms with Crippen LogP contribution >= 0.6 is 0 Å². The maximum atomic E-state index is 12.7. The summed E-state index contributed by atoms with van der Waals surface area (Å²) in [6, 6.07) is 6.11. The summed E-state index contributed by atoms with van der Waals surface area (Å²) >= 11 is 0. The third kappa shape index (κ3) is 4.75. The number of benzene rings is 1. The summed E-state index contributed by atoms with van der Waals surface area (Å²) in [5.74, 6) is -1.80. The number of hydrogen-bond donors (Lipinski definition) is 0. The summed E-state index contributed by atoms with van der Waals surface area (Å²) in [5.41, 5.74) is 2.78. The fourth-order valence-electron chi connectivity index (χ4n) is 4.28. The molecule has 3 rings (SSSR count). The maximum Gasteiger partial charge on any atom is 0.338 e. The number of Topliss-reactive ketones (excluding diaryl/α,β-unsaturated/α-hetero) is 1. The van der Waals surface area contributed by atoms with Gasteiger partial charge in [0.05, 0.1) is 29.3 Å². The Morgan fingerprint density at radius 3 is 2.42 bits per heavy atom. The first-order valence-corrected chi connectivity index (χ1v) is 11.1. The van der Waals surface area contributed by atoms with Gasteiger partial charge in [-0.2, -0.15) is 0 Å². The Balaban J connectivity index is 1.70. The van der Waals surface area contributed by atoms with Crippen molar-refractivity contribution < 1.29 is 28.7 Å². The van der Waals surface area contributed by atoms with Crippen molar-refractivity contribution in [3.8, 4) is 0 Å². The van der Waals surface area contributed by atoms with Gasteiger partial charge in [-0.1, -0.05) is 13.3 Å². The predicted octanol–water partition coefficient (Wildman–Crippen LogP) is 3.75. The molecule has 176 valence electrons. The molecule has 0 fully saturated rings. The molecule has 1 aliphatic heterocycles. The molecule has 0 bridgehead atoms. The van der Waals surface area contributed by atoms with Crippen LogP contribution in [0, 0.1) is 13.8 Å². The van der Waals surface area contributed by atoms with Crippen LogP contribution in [0.4, 0.5) is 0 Å². The number of carbonyl (C=O) groups is 4. The average molecular weight is 455 g/mol. The lowest BCUT2D eigenvalue weighted by molar-refractivity contribution is 0.0474. The van der Waals surface area contributed by atoms with Crippen LogP contribution in [0.25, 0.3) is 0 Å². The predicted molar refractivity (Wildman–Crippen MR) is 122 cm³/mol. The number of amides is 2. The van der Waals surface area contributed by atoms with Gasteiger partial charge in [0.2, 0.25) is 5.78 Å². The van der Waals surface area contributed by atoms with Crippen molar-refractivity contribution >= 4 is 23.6 Å². The first kappa shape index (κ1) is 24.4. The summed E-state index contributed by atoms with van der Waals surface area (Å²) in [7, 11) is 1.63. The van der Waals surface area contributed by atoms with Crippen molar-refractivity contribution in [2.75, 3.05) is 26.9 Å². The molecule has 0 N–H and O–H groups in total. The molecule has 8 nitrogen and oxygen atoms in total. The smallest absolute Gasteiger partial charge is 0.338 e. The number of aromatic nitrogens is 1. The quantitative estimate of drug-likeness (QED) is 0.308.